The van der Waals surface area contributed by atoms with Crippen molar-refractivity contribution >= 4 is 27.3 Å². The molecule has 0 fully saturated rings. The first-order valence-electron chi connectivity index (χ1n) is 9.44. The normalized spacial score (nSPS) is 12.1. The quantitative estimate of drug-likeness (QED) is 0.602. The minimum Gasteiger partial charge on any atom is -0.455 e. The fourth-order valence-electron chi connectivity index (χ4n) is 3.01. The van der Waals surface area contributed by atoms with Crippen LogP contribution in [0, 0.1) is 6.92 Å². The number of rotatable bonds is 7. The van der Waals surface area contributed by atoms with Crippen molar-refractivity contribution in [3.63, 3.8) is 0 Å². The Kier molecular flexibility index (Phi) is 6.42. The Labute approximate surface area is 177 Å². The average Bonchev–Trinajstić information content (AvgIpc) is 2.71. The van der Waals surface area contributed by atoms with Crippen LogP contribution in [0.4, 0.5) is 11.4 Å². The third kappa shape index (κ3) is 5.18. The van der Waals surface area contributed by atoms with Crippen molar-refractivity contribution < 1.29 is 17.9 Å². The summed E-state index contributed by atoms with van der Waals surface area (Å²) in [6.07, 6.45) is 1.09. The highest BCUT2D eigenvalue weighted by molar-refractivity contribution is 7.92. The number of carbonyl (C=O) groups is 1. The SMILES string of the molecule is Cc1ccc(N([C@@H](C)C(=O)Nc2ccccc2Oc2ccccc2)S(C)(=O)=O)cc1. The Morgan fingerprint density at radius 3 is 2.17 bits per heavy atom. The largest absolute Gasteiger partial charge is 0.455 e. The highest BCUT2D eigenvalue weighted by atomic mass is 32.2. The maximum Gasteiger partial charge on any atom is 0.248 e. The van der Waals surface area contributed by atoms with Gasteiger partial charge >= 0.3 is 0 Å². The summed E-state index contributed by atoms with van der Waals surface area (Å²) in [6, 6.07) is 22.2. The number of hydrogen-bond donors (Lipinski definition) is 1. The molecule has 7 heteroatoms. The van der Waals surface area contributed by atoms with E-state index in [1.165, 1.54) is 0 Å². The summed E-state index contributed by atoms with van der Waals surface area (Å²) in [6.45, 7) is 3.46. The first kappa shape index (κ1) is 21.4. The van der Waals surface area contributed by atoms with Gasteiger partial charge in [-0.15, -0.1) is 0 Å². The fourth-order valence-corrected chi connectivity index (χ4v) is 4.19. The molecule has 0 unspecified atom stereocenters. The molecule has 0 heterocycles. The fraction of sp³-hybridized carbons (Fsp3) is 0.174. The number of nitrogens with zero attached hydrogens (tertiary/aromatic N) is 1. The lowest BCUT2D eigenvalue weighted by molar-refractivity contribution is -0.116. The molecule has 1 atom stereocenters. The van der Waals surface area contributed by atoms with Crippen LogP contribution in [0.1, 0.15) is 12.5 Å². The van der Waals surface area contributed by atoms with Crippen molar-refractivity contribution in [1.29, 1.82) is 0 Å². The van der Waals surface area contributed by atoms with Crippen molar-refractivity contribution in [3.05, 3.63) is 84.4 Å². The summed E-state index contributed by atoms with van der Waals surface area (Å²) in [7, 11) is -3.68. The molecule has 1 N–H and O–H groups in total. The predicted molar refractivity (Wildman–Crippen MR) is 120 cm³/mol. The molecule has 0 aliphatic carbocycles. The third-order valence-corrected chi connectivity index (χ3v) is 5.73. The number of para-hydroxylation sites is 3. The number of nitrogens with one attached hydrogen (secondary N) is 1. The van der Waals surface area contributed by atoms with Crippen LogP contribution in [-0.2, 0) is 14.8 Å². The zero-order valence-electron chi connectivity index (χ0n) is 17.1. The molecule has 0 aromatic heterocycles. The number of hydrogen-bond acceptors (Lipinski definition) is 4. The topological polar surface area (TPSA) is 75.7 Å². The molecule has 156 valence electrons. The smallest absolute Gasteiger partial charge is 0.248 e. The third-order valence-electron chi connectivity index (χ3n) is 4.49. The molecule has 0 radical (unpaired) electrons. The summed E-state index contributed by atoms with van der Waals surface area (Å²) in [4.78, 5) is 13.0. The van der Waals surface area contributed by atoms with Gasteiger partial charge in [-0.25, -0.2) is 8.42 Å². The zero-order valence-corrected chi connectivity index (χ0v) is 17.9. The zero-order chi connectivity index (χ0) is 21.7. The highest BCUT2D eigenvalue weighted by Crippen LogP contribution is 2.30. The number of carbonyl (C=O) groups excluding carboxylic acids is 1. The van der Waals surface area contributed by atoms with Gasteiger partial charge in [0, 0.05) is 0 Å². The molecular formula is C23H24N2O4S. The Balaban J connectivity index is 1.85. The number of aryl methyl sites for hydroxylation is 1. The lowest BCUT2D eigenvalue weighted by Gasteiger charge is -2.28. The predicted octanol–water partition coefficient (Wildman–Crippen LogP) is 4.58. The van der Waals surface area contributed by atoms with Crippen molar-refractivity contribution in [2.45, 2.75) is 19.9 Å². The monoisotopic (exact) mass is 424 g/mol. The van der Waals surface area contributed by atoms with Gasteiger partial charge in [0.05, 0.1) is 17.6 Å². The lowest BCUT2D eigenvalue weighted by Crippen LogP contribution is -2.45. The Morgan fingerprint density at radius 1 is 0.933 bits per heavy atom. The van der Waals surface area contributed by atoms with Crippen molar-refractivity contribution in [2.75, 3.05) is 15.9 Å². The van der Waals surface area contributed by atoms with E-state index in [0.29, 0.717) is 22.9 Å². The van der Waals surface area contributed by atoms with E-state index in [1.54, 1.807) is 55.5 Å². The van der Waals surface area contributed by atoms with Crippen LogP contribution >= 0.6 is 0 Å². The summed E-state index contributed by atoms with van der Waals surface area (Å²) < 4.78 is 31.9. The van der Waals surface area contributed by atoms with Crippen molar-refractivity contribution in [3.8, 4) is 11.5 Å². The second kappa shape index (κ2) is 9.00. The van der Waals surface area contributed by atoms with E-state index < -0.39 is 22.0 Å². The molecule has 3 aromatic rings. The molecule has 0 aliphatic heterocycles. The van der Waals surface area contributed by atoms with Crippen molar-refractivity contribution in [1.82, 2.24) is 0 Å². The summed E-state index contributed by atoms with van der Waals surface area (Å²) in [5, 5.41) is 2.79. The molecule has 0 saturated carbocycles. The molecule has 3 aromatic carbocycles. The maximum absolute atomic E-state index is 13.0. The first-order valence-corrected chi connectivity index (χ1v) is 11.3. The van der Waals surface area contributed by atoms with Gasteiger partial charge in [-0.1, -0.05) is 48.0 Å². The molecule has 6 nitrogen and oxygen atoms in total. The van der Waals surface area contributed by atoms with E-state index in [0.717, 1.165) is 16.1 Å². The van der Waals surface area contributed by atoms with Crippen LogP contribution in [0.5, 0.6) is 11.5 Å². The van der Waals surface area contributed by atoms with Gasteiger partial charge in [0.15, 0.2) is 5.75 Å². The molecule has 0 aliphatic rings. The van der Waals surface area contributed by atoms with E-state index in [1.807, 2.05) is 37.3 Å². The van der Waals surface area contributed by atoms with E-state index in [4.69, 9.17) is 4.74 Å². The van der Waals surface area contributed by atoms with Gasteiger partial charge in [-0.3, -0.25) is 9.10 Å². The van der Waals surface area contributed by atoms with Crippen LogP contribution in [0.2, 0.25) is 0 Å². The van der Waals surface area contributed by atoms with Crippen LogP contribution in [0.15, 0.2) is 78.9 Å². The molecule has 3 rings (SSSR count). The molecule has 0 saturated heterocycles. The van der Waals surface area contributed by atoms with Crippen LogP contribution in [0.25, 0.3) is 0 Å². The number of amides is 1. The number of benzene rings is 3. The van der Waals surface area contributed by atoms with Crippen LogP contribution in [-0.4, -0.2) is 26.6 Å². The van der Waals surface area contributed by atoms with E-state index >= 15 is 0 Å². The van der Waals surface area contributed by atoms with E-state index in [9.17, 15) is 13.2 Å². The second-order valence-electron chi connectivity index (χ2n) is 6.97. The molecular weight excluding hydrogens is 400 g/mol. The Morgan fingerprint density at radius 2 is 1.53 bits per heavy atom. The molecule has 30 heavy (non-hydrogen) atoms. The Bertz CT molecular complexity index is 1110. The van der Waals surface area contributed by atoms with E-state index in [-0.39, 0.29) is 0 Å². The minimum atomic E-state index is -3.68. The van der Waals surface area contributed by atoms with Gasteiger partial charge in [0.1, 0.15) is 11.8 Å². The lowest BCUT2D eigenvalue weighted by atomic mass is 10.2. The summed E-state index contributed by atoms with van der Waals surface area (Å²) in [5.41, 5.74) is 1.88. The summed E-state index contributed by atoms with van der Waals surface area (Å²) >= 11 is 0. The highest BCUT2D eigenvalue weighted by Gasteiger charge is 2.29. The van der Waals surface area contributed by atoms with Gasteiger partial charge in [0.2, 0.25) is 15.9 Å². The molecule has 0 spiro atoms. The number of sulfonamides is 1. The van der Waals surface area contributed by atoms with Gasteiger partial charge in [-0.2, -0.15) is 0 Å². The first-order chi connectivity index (χ1) is 14.3. The van der Waals surface area contributed by atoms with Crippen LogP contribution < -0.4 is 14.4 Å². The second-order valence-corrected chi connectivity index (χ2v) is 8.83. The van der Waals surface area contributed by atoms with Gasteiger partial charge in [-0.05, 0) is 50.2 Å². The number of ether oxygens (including phenoxy) is 1. The van der Waals surface area contributed by atoms with Gasteiger partial charge in [0.25, 0.3) is 0 Å². The van der Waals surface area contributed by atoms with E-state index in [2.05, 4.69) is 5.32 Å². The summed E-state index contributed by atoms with van der Waals surface area (Å²) in [5.74, 6) is 0.625. The maximum atomic E-state index is 13.0. The standard InChI is InChI=1S/C23H24N2O4S/c1-17-13-15-19(16-14-17)25(30(3,27)28)18(2)23(26)24-21-11-7-8-12-22(21)29-20-9-5-4-6-10-20/h4-16,18H,1-3H3,(H,24,26)/t18-/m0/s1. The average molecular weight is 425 g/mol. The van der Waals surface area contributed by atoms with Crippen LogP contribution in [0.3, 0.4) is 0 Å². The number of anilines is 2. The molecule has 1 amide bonds. The Hall–Kier alpha value is -3.32. The minimum absolute atomic E-state index is 0.430. The van der Waals surface area contributed by atoms with Gasteiger partial charge < -0.3 is 10.1 Å². The molecule has 0 bridgehead atoms. The van der Waals surface area contributed by atoms with Crippen molar-refractivity contribution in [2.24, 2.45) is 0 Å².